The van der Waals surface area contributed by atoms with E-state index in [-0.39, 0.29) is 11.9 Å². The van der Waals surface area contributed by atoms with Crippen molar-refractivity contribution in [2.24, 2.45) is 0 Å². The maximum absolute atomic E-state index is 12.6. The summed E-state index contributed by atoms with van der Waals surface area (Å²) >= 11 is 0. The Balaban J connectivity index is 1.92. The average Bonchev–Trinajstić information content (AvgIpc) is 3.30. The molecule has 116 valence electrons. The van der Waals surface area contributed by atoms with Crippen molar-refractivity contribution in [3.8, 4) is 0 Å². The van der Waals surface area contributed by atoms with Crippen LogP contribution >= 0.6 is 0 Å². The van der Waals surface area contributed by atoms with Crippen LogP contribution in [-0.2, 0) is 14.8 Å². The molecule has 6 heteroatoms. The third-order valence-corrected chi connectivity index (χ3v) is 6.12. The van der Waals surface area contributed by atoms with E-state index in [0.29, 0.717) is 12.6 Å². The molecule has 0 amide bonds. The van der Waals surface area contributed by atoms with Crippen molar-refractivity contribution >= 4 is 21.4 Å². The number of benzene rings is 1. The van der Waals surface area contributed by atoms with E-state index in [2.05, 4.69) is 4.90 Å². The summed E-state index contributed by atoms with van der Waals surface area (Å²) in [4.78, 5) is 2.35. The predicted octanol–water partition coefficient (Wildman–Crippen LogP) is 1.84. The molecule has 3 rings (SSSR count). The lowest BCUT2D eigenvalue weighted by Crippen LogP contribution is -2.46. The molecule has 0 saturated heterocycles. The van der Waals surface area contributed by atoms with Gasteiger partial charge in [-0.2, -0.15) is 0 Å². The number of ether oxygens (including phenoxy) is 1. The zero-order valence-corrected chi connectivity index (χ0v) is 13.3. The van der Waals surface area contributed by atoms with Crippen molar-refractivity contribution in [2.75, 3.05) is 35.2 Å². The van der Waals surface area contributed by atoms with Gasteiger partial charge in [-0.15, -0.1) is 0 Å². The molecule has 1 aromatic carbocycles. The van der Waals surface area contributed by atoms with Crippen LogP contribution in [0.3, 0.4) is 0 Å². The summed E-state index contributed by atoms with van der Waals surface area (Å²) in [5, 5.41) is 0. The number of para-hydroxylation sites is 2. The zero-order valence-electron chi connectivity index (χ0n) is 12.5. The van der Waals surface area contributed by atoms with E-state index >= 15 is 0 Å². The van der Waals surface area contributed by atoms with Gasteiger partial charge < -0.3 is 9.64 Å². The fraction of sp³-hybridized carbons (Fsp3) is 0.600. The van der Waals surface area contributed by atoms with Gasteiger partial charge in [-0.1, -0.05) is 12.1 Å². The molecular weight excluding hydrogens is 288 g/mol. The van der Waals surface area contributed by atoms with Crippen LogP contribution in [0.5, 0.6) is 0 Å². The molecule has 1 aliphatic carbocycles. The summed E-state index contributed by atoms with van der Waals surface area (Å²) in [5.74, 6) is 0.0151. The summed E-state index contributed by atoms with van der Waals surface area (Å²) in [6.45, 7) is 3.07. The normalized spacial score (nSPS) is 20.3. The number of rotatable bonds is 5. The number of fused-ring (bicyclic) bond motifs is 1. The molecule has 0 spiro atoms. The van der Waals surface area contributed by atoms with Gasteiger partial charge in [0, 0.05) is 19.7 Å². The van der Waals surface area contributed by atoms with Crippen molar-refractivity contribution < 1.29 is 13.2 Å². The maximum atomic E-state index is 12.6. The Morgan fingerprint density at radius 1 is 1.24 bits per heavy atom. The summed E-state index contributed by atoms with van der Waals surface area (Å²) < 4.78 is 31.9. The van der Waals surface area contributed by atoms with Crippen LogP contribution in [0.2, 0.25) is 0 Å². The second-order valence-corrected chi connectivity index (χ2v) is 7.75. The lowest BCUT2D eigenvalue weighted by molar-refractivity contribution is 0.136. The van der Waals surface area contributed by atoms with Gasteiger partial charge in [0.25, 0.3) is 0 Å². The molecule has 5 nitrogen and oxygen atoms in total. The molecule has 1 fully saturated rings. The van der Waals surface area contributed by atoms with E-state index in [9.17, 15) is 8.42 Å². The first-order chi connectivity index (χ1) is 10.0. The molecule has 1 heterocycles. The first-order valence-electron chi connectivity index (χ1n) is 7.42. The highest BCUT2D eigenvalue weighted by Gasteiger charge is 2.37. The summed E-state index contributed by atoms with van der Waals surface area (Å²) in [6.07, 6.45) is 2.12. The number of nitrogens with zero attached hydrogens (tertiary/aromatic N) is 2. The molecule has 2 aliphatic rings. The summed E-state index contributed by atoms with van der Waals surface area (Å²) in [6, 6.07) is 8.39. The van der Waals surface area contributed by atoms with E-state index in [1.54, 1.807) is 18.3 Å². The smallest absolute Gasteiger partial charge is 0.237 e. The van der Waals surface area contributed by atoms with Gasteiger partial charge in [0.15, 0.2) is 0 Å². The SMILES string of the molecule is COC(C)CS(=O)(=O)N1CCN(C2CC2)c2ccccc21. The first kappa shape index (κ1) is 14.7. The summed E-state index contributed by atoms with van der Waals surface area (Å²) in [7, 11) is -1.81. The molecule has 1 saturated carbocycles. The molecule has 0 radical (unpaired) electrons. The van der Waals surface area contributed by atoms with Crippen molar-refractivity contribution in [3.63, 3.8) is 0 Å². The van der Waals surface area contributed by atoms with E-state index in [1.165, 1.54) is 12.8 Å². The lowest BCUT2D eigenvalue weighted by atomic mass is 10.2. The molecule has 0 bridgehead atoms. The van der Waals surface area contributed by atoms with Gasteiger partial charge in [-0.25, -0.2) is 8.42 Å². The van der Waals surface area contributed by atoms with Crippen LogP contribution in [0.4, 0.5) is 11.4 Å². The van der Waals surface area contributed by atoms with Crippen molar-refractivity contribution in [2.45, 2.75) is 31.9 Å². The predicted molar refractivity (Wildman–Crippen MR) is 84.4 cm³/mol. The van der Waals surface area contributed by atoms with Crippen LogP contribution in [0, 0.1) is 0 Å². The van der Waals surface area contributed by atoms with Gasteiger partial charge >= 0.3 is 0 Å². The average molecular weight is 310 g/mol. The number of sulfonamides is 1. The topological polar surface area (TPSA) is 49.9 Å². The van der Waals surface area contributed by atoms with E-state index < -0.39 is 10.0 Å². The lowest BCUT2D eigenvalue weighted by Gasteiger charge is -2.38. The molecule has 0 aromatic heterocycles. The molecule has 1 unspecified atom stereocenters. The highest BCUT2D eigenvalue weighted by atomic mass is 32.2. The number of anilines is 2. The van der Waals surface area contributed by atoms with E-state index in [1.807, 2.05) is 24.3 Å². The monoisotopic (exact) mass is 310 g/mol. The minimum atomic E-state index is -3.36. The Kier molecular flexibility index (Phi) is 3.84. The number of hydrogen-bond acceptors (Lipinski definition) is 4. The van der Waals surface area contributed by atoms with Gasteiger partial charge in [-0.3, -0.25) is 4.31 Å². The molecule has 21 heavy (non-hydrogen) atoms. The largest absolute Gasteiger partial charge is 0.381 e. The van der Waals surface area contributed by atoms with Crippen LogP contribution in [0.25, 0.3) is 0 Å². The highest BCUT2D eigenvalue weighted by molar-refractivity contribution is 7.92. The fourth-order valence-corrected chi connectivity index (χ4v) is 4.59. The van der Waals surface area contributed by atoms with Crippen LogP contribution in [0.15, 0.2) is 24.3 Å². The minimum absolute atomic E-state index is 0.0151. The molecule has 1 aromatic rings. The van der Waals surface area contributed by atoms with Gasteiger partial charge in [0.1, 0.15) is 0 Å². The van der Waals surface area contributed by atoms with Gasteiger partial charge in [0.2, 0.25) is 10.0 Å². The van der Waals surface area contributed by atoms with Crippen molar-refractivity contribution in [1.82, 2.24) is 0 Å². The standard InChI is InChI=1S/C15H22N2O3S/c1-12(20-2)11-21(18,19)17-10-9-16(13-7-8-13)14-5-3-4-6-15(14)17/h3-6,12-13H,7-11H2,1-2H3. The Labute approximate surface area is 126 Å². The molecule has 1 aliphatic heterocycles. The molecular formula is C15H22N2O3S. The molecule has 0 N–H and O–H groups in total. The Morgan fingerprint density at radius 2 is 1.90 bits per heavy atom. The Hall–Kier alpha value is -1.27. The van der Waals surface area contributed by atoms with E-state index in [4.69, 9.17) is 4.74 Å². The quantitative estimate of drug-likeness (QED) is 0.833. The Morgan fingerprint density at radius 3 is 2.52 bits per heavy atom. The zero-order chi connectivity index (χ0) is 15.0. The Bertz CT molecular complexity index is 613. The third kappa shape index (κ3) is 2.87. The summed E-state index contributed by atoms with van der Waals surface area (Å²) in [5.41, 5.74) is 1.85. The first-order valence-corrected chi connectivity index (χ1v) is 9.03. The molecule has 1 atom stereocenters. The maximum Gasteiger partial charge on any atom is 0.237 e. The number of hydrogen-bond donors (Lipinski definition) is 0. The van der Waals surface area contributed by atoms with Gasteiger partial charge in [-0.05, 0) is 31.9 Å². The fourth-order valence-electron chi connectivity index (χ4n) is 2.87. The van der Waals surface area contributed by atoms with Crippen molar-refractivity contribution in [3.05, 3.63) is 24.3 Å². The second-order valence-electron chi connectivity index (χ2n) is 5.81. The minimum Gasteiger partial charge on any atom is -0.381 e. The van der Waals surface area contributed by atoms with Crippen molar-refractivity contribution in [1.29, 1.82) is 0 Å². The van der Waals surface area contributed by atoms with Crippen LogP contribution < -0.4 is 9.21 Å². The van der Waals surface area contributed by atoms with Crippen LogP contribution in [-0.4, -0.2) is 46.5 Å². The van der Waals surface area contributed by atoms with Crippen LogP contribution in [0.1, 0.15) is 19.8 Å². The second kappa shape index (κ2) is 5.50. The van der Waals surface area contributed by atoms with Gasteiger partial charge in [0.05, 0.1) is 29.8 Å². The van der Waals surface area contributed by atoms with E-state index in [0.717, 1.165) is 17.9 Å². The third-order valence-electron chi connectivity index (χ3n) is 4.17. The number of methoxy groups -OCH3 is 1. The highest BCUT2D eigenvalue weighted by Crippen LogP contribution is 2.40.